The van der Waals surface area contributed by atoms with Gasteiger partial charge in [0.05, 0.1) is 9.82 Å². The van der Waals surface area contributed by atoms with Gasteiger partial charge in [0.1, 0.15) is 0 Å². The first kappa shape index (κ1) is 19.6. The summed E-state index contributed by atoms with van der Waals surface area (Å²) in [4.78, 5) is 22.5. The number of nitrogens with one attached hydrogen (secondary N) is 2. The topological polar surface area (TPSA) is 118 Å². The maximum absolute atomic E-state index is 12.5. The SMILES string of the molecule is CS(=O)(=O)c1cc(C(=O)NC2CC3CCC(C2)N3)cc([N+](=O)[O-])c1.Cl. The third kappa shape index (κ3) is 4.47. The summed E-state index contributed by atoms with van der Waals surface area (Å²) in [7, 11) is -3.65. The highest BCUT2D eigenvalue weighted by Gasteiger charge is 2.34. The summed E-state index contributed by atoms with van der Waals surface area (Å²) in [5, 5.41) is 17.4. The molecule has 8 nitrogen and oxygen atoms in total. The number of hydrogen-bond donors (Lipinski definition) is 2. The number of sulfone groups is 1. The molecule has 25 heavy (non-hydrogen) atoms. The summed E-state index contributed by atoms with van der Waals surface area (Å²) in [5.74, 6) is -0.477. The smallest absolute Gasteiger partial charge is 0.271 e. The molecule has 2 fully saturated rings. The molecular weight excluding hydrogens is 370 g/mol. The number of fused-ring (bicyclic) bond motifs is 2. The Labute approximate surface area is 151 Å². The Morgan fingerprint density at radius 3 is 2.36 bits per heavy atom. The van der Waals surface area contributed by atoms with Crippen LogP contribution in [0.4, 0.5) is 5.69 Å². The molecular formula is C15H20ClN3O5S. The van der Waals surface area contributed by atoms with E-state index in [-0.39, 0.29) is 28.9 Å². The van der Waals surface area contributed by atoms with Crippen molar-refractivity contribution in [1.29, 1.82) is 0 Å². The molecule has 2 atom stereocenters. The molecule has 2 aliphatic rings. The van der Waals surface area contributed by atoms with E-state index in [4.69, 9.17) is 0 Å². The molecule has 1 aromatic carbocycles. The molecule has 2 unspecified atom stereocenters. The van der Waals surface area contributed by atoms with Crippen LogP contribution in [0.1, 0.15) is 36.0 Å². The standard InChI is InChI=1S/C15H19N3O5S.ClH/c1-24(22,23)14-5-9(4-13(8-14)18(20)21)15(19)17-12-6-10-2-3-11(7-12)16-10;/h4-5,8,10-12,16H,2-3,6-7H2,1H3,(H,17,19);1H. The molecule has 0 radical (unpaired) electrons. The Balaban J connectivity index is 0.00000225. The van der Waals surface area contributed by atoms with Gasteiger partial charge in [-0.15, -0.1) is 12.4 Å². The number of nitro benzene ring substituents is 1. The monoisotopic (exact) mass is 389 g/mol. The second-order valence-corrected chi connectivity index (χ2v) is 8.54. The fourth-order valence-corrected chi connectivity index (χ4v) is 4.15. The van der Waals surface area contributed by atoms with E-state index < -0.39 is 26.4 Å². The van der Waals surface area contributed by atoms with Crippen LogP contribution in [0, 0.1) is 10.1 Å². The molecule has 0 aliphatic carbocycles. The molecule has 2 saturated heterocycles. The number of carbonyl (C=O) groups excluding carboxylic acids is 1. The number of nitrogens with zero attached hydrogens (tertiary/aromatic N) is 1. The average molecular weight is 390 g/mol. The van der Waals surface area contributed by atoms with E-state index in [1.54, 1.807) is 0 Å². The largest absolute Gasteiger partial charge is 0.349 e. The number of carbonyl (C=O) groups is 1. The summed E-state index contributed by atoms with van der Waals surface area (Å²) in [5.41, 5.74) is -0.413. The molecule has 0 aromatic heterocycles. The van der Waals surface area contributed by atoms with E-state index in [1.165, 1.54) is 6.07 Å². The van der Waals surface area contributed by atoms with Gasteiger partial charge in [-0.2, -0.15) is 0 Å². The lowest BCUT2D eigenvalue weighted by atomic mass is 9.99. The number of nitro groups is 1. The molecule has 2 N–H and O–H groups in total. The first-order chi connectivity index (χ1) is 11.2. The first-order valence-electron chi connectivity index (χ1n) is 7.79. The van der Waals surface area contributed by atoms with Gasteiger partial charge in [0.2, 0.25) is 0 Å². The van der Waals surface area contributed by atoms with Crippen LogP contribution in [0.25, 0.3) is 0 Å². The molecule has 2 heterocycles. The minimum absolute atomic E-state index is 0. The van der Waals surface area contributed by atoms with Gasteiger partial charge in [-0.1, -0.05) is 0 Å². The number of hydrogen-bond acceptors (Lipinski definition) is 6. The number of piperidine rings is 1. The Hall–Kier alpha value is -1.71. The highest BCUT2D eigenvalue weighted by molar-refractivity contribution is 7.90. The molecule has 0 saturated carbocycles. The second kappa shape index (κ2) is 7.27. The zero-order chi connectivity index (χ0) is 17.5. The highest BCUT2D eigenvalue weighted by atomic mass is 35.5. The van der Waals surface area contributed by atoms with Crippen molar-refractivity contribution in [1.82, 2.24) is 10.6 Å². The van der Waals surface area contributed by atoms with Crippen molar-refractivity contribution in [2.75, 3.05) is 6.26 Å². The fraction of sp³-hybridized carbons (Fsp3) is 0.533. The van der Waals surface area contributed by atoms with Crippen molar-refractivity contribution in [2.24, 2.45) is 0 Å². The summed E-state index contributed by atoms with van der Waals surface area (Å²) < 4.78 is 23.4. The average Bonchev–Trinajstić information content (AvgIpc) is 2.84. The van der Waals surface area contributed by atoms with Crippen LogP contribution in [-0.2, 0) is 9.84 Å². The van der Waals surface area contributed by atoms with Crippen LogP contribution in [0.2, 0.25) is 0 Å². The van der Waals surface area contributed by atoms with Gasteiger partial charge < -0.3 is 10.6 Å². The molecule has 0 spiro atoms. The Kier molecular flexibility index (Phi) is 5.70. The van der Waals surface area contributed by atoms with E-state index in [1.807, 2.05) is 0 Å². The van der Waals surface area contributed by atoms with Crippen LogP contribution in [0.15, 0.2) is 23.1 Å². The van der Waals surface area contributed by atoms with Crippen LogP contribution in [0.5, 0.6) is 0 Å². The van der Waals surface area contributed by atoms with Crippen molar-refractivity contribution in [3.8, 4) is 0 Å². The van der Waals surface area contributed by atoms with Crippen molar-refractivity contribution in [2.45, 2.75) is 48.7 Å². The van der Waals surface area contributed by atoms with E-state index in [0.717, 1.165) is 44.1 Å². The normalized spacial score (nSPS) is 25.1. The molecule has 1 amide bonds. The third-order valence-electron chi connectivity index (χ3n) is 4.60. The summed E-state index contributed by atoms with van der Waals surface area (Å²) in [6.45, 7) is 0. The van der Waals surface area contributed by atoms with E-state index in [2.05, 4.69) is 10.6 Å². The van der Waals surface area contributed by atoms with Crippen LogP contribution < -0.4 is 10.6 Å². The fourth-order valence-electron chi connectivity index (χ4n) is 3.48. The predicted octanol–water partition coefficient (Wildman–Crippen LogP) is 1.43. The lowest BCUT2D eigenvalue weighted by molar-refractivity contribution is -0.385. The molecule has 2 bridgehead atoms. The van der Waals surface area contributed by atoms with E-state index in [9.17, 15) is 23.3 Å². The van der Waals surface area contributed by atoms with Gasteiger partial charge in [0.15, 0.2) is 9.84 Å². The molecule has 138 valence electrons. The minimum atomic E-state index is -3.65. The molecule has 10 heteroatoms. The van der Waals surface area contributed by atoms with Crippen LogP contribution in [0.3, 0.4) is 0 Å². The Morgan fingerprint density at radius 2 is 1.84 bits per heavy atom. The lowest BCUT2D eigenvalue weighted by Crippen LogP contribution is -2.48. The molecule has 2 aliphatic heterocycles. The number of benzene rings is 1. The molecule has 1 aromatic rings. The van der Waals surface area contributed by atoms with Crippen LogP contribution >= 0.6 is 12.4 Å². The summed E-state index contributed by atoms with van der Waals surface area (Å²) >= 11 is 0. The van der Waals surface area contributed by atoms with Gasteiger partial charge >= 0.3 is 0 Å². The van der Waals surface area contributed by atoms with Crippen molar-refractivity contribution < 1.29 is 18.1 Å². The maximum Gasteiger partial charge on any atom is 0.271 e. The van der Waals surface area contributed by atoms with Crippen molar-refractivity contribution in [3.05, 3.63) is 33.9 Å². The van der Waals surface area contributed by atoms with Gasteiger partial charge in [0.25, 0.3) is 11.6 Å². The zero-order valence-electron chi connectivity index (χ0n) is 13.6. The van der Waals surface area contributed by atoms with E-state index in [0.29, 0.717) is 12.1 Å². The van der Waals surface area contributed by atoms with Gasteiger partial charge in [-0.05, 0) is 31.7 Å². The molecule has 3 rings (SSSR count). The maximum atomic E-state index is 12.5. The summed E-state index contributed by atoms with van der Waals surface area (Å²) in [6, 6.07) is 4.05. The van der Waals surface area contributed by atoms with Gasteiger partial charge in [-0.25, -0.2) is 8.42 Å². The number of halogens is 1. The highest BCUT2D eigenvalue weighted by Crippen LogP contribution is 2.27. The second-order valence-electron chi connectivity index (χ2n) is 6.52. The zero-order valence-corrected chi connectivity index (χ0v) is 15.2. The number of non-ortho nitro benzene ring substituents is 1. The van der Waals surface area contributed by atoms with Crippen molar-refractivity contribution in [3.63, 3.8) is 0 Å². The van der Waals surface area contributed by atoms with Gasteiger partial charge in [0, 0.05) is 42.1 Å². The summed E-state index contributed by atoms with van der Waals surface area (Å²) in [6.07, 6.45) is 4.77. The third-order valence-corrected chi connectivity index (χ3v) is 5.69. The Morgan fingerprint density at radius 1 is 1.24 bits per heavy atom. The van der Waals surface area contributed by atoms with Crippen molar-refractivity contribution >= 4 is 33.8 Å². The van der Waals surface area contributed by atoms with E-state index >= 15 is 0 Å². The van der Waals surface area contributed by atoms with Crippen LogP contribution in [-0.4, -0.2) is 43.6 Å². The first-order valence-corrected chi connectivity index (χ1v) is 9.68. The quantitative estimate of drug-likeness (QED) is 0.594. The Bertz CT molecular complexity index is 786. The number of amides is 1. The van der Waals surface area contributed by atoms with Gasteiger partial charge in [-0.3, -0.25) is 14.9 Å². The lowest BCUT2D eigenvalue weighted by Gasteiger charge is -2.29. The minimum Gasteiger partial charge on any atom is -0.349 e. The predicted molar refractivity (Wildman–Crippen MR) is 93.9 cm³/mol. The number of rotatable bonds is 4.